The molecule has 0 aliphatic heterocycles. The summed E-state index contributed by atoms with van der Waals surface area (Å²) in [6, 6.07) is 9.34. The lowest BCUT2D eigenvalue weighted by Gasteiger charge is -2.23. The van der Waals surface area contributed by atoms with Gasteiger partial charge in [0.05, 0.1) is 4.90 Å². The number of amidine groups is 1. The summed E-state index contributed by atoms with van der Waals surface area (Å²) in [4.78, 5) is 60.9. The molecule has 0 aliphatic carbocycles. The molecule has 254 valence electrons. The summed E-state index contributed by atoms with van der Waals surface area (Å²) in [5.74, 6) is -3.17. The molecule has 47 heavy (non-hydrogen) atoms. The average molecular weight is 674 g/mol. The number of nitrogens with one attached hydrogen (secondary N) is 6. The highest BCUT2D eigenvalue weighted by atomic mass is 32.2. The molecule has 17 heteroatoms. The number of hydrogen-bond donors (Lipinski definition) is 8. The first kappa shape index (κ1) is 37.9. The molecule has 0 saturated heterocycles. The number of amides is 4. The first-order valence-electron chi connectivity index (χ1n) is 14.4. The van der Waals surface area contributed by atoms with Crippen molar-refractivity contribution >= 4 is 51.3 Å². The number of carbonyl (C=O) groups excluding carboxylic acids is 4. The molecule has 0 saturated carbocycles. The fourth-order valence-corrected chi connectivity index (χ4v) is 5.10. The second-order valence-corrected chi connectivity index (χ2v) is 11.9. The highest BCUT2D eigenvalue weighted by molar-refractivity contribution is 7.89. The van der Waals surface area contributed by atoms with Crippen molar-refractivity contribution in [2.24, 2.45) is 5.73 Å². The van der Waals surface area contributed by atoms with Crippen LogP contribution in [-0.2, 0) is 40.4 Å². The van der Waals surface area contributed by atoms with Crippen molar-refractivity contribution in [2.75, 3.05) is 25.0 Å². The van der Waals surface area contributed by atoms with Gasteiger partial charge in [-0.2, -0.15) is 0 Å². The van der Waals surface area contributed by atoms with E-state index in [1.54, 1.807) is 24.3 Å². The minimum absolute atomic E-state index is 0.0136. The van der Waals surface area contributed by atoms with E-state index in [9.17, 15) is 37.5 Å². The SMILES string of the molecule is C=CCOC(=O)N[C@@H](Cc1ccc(C(=N)N)cc1)C(=O)N[C@@H](CCC(=O)O)C(=O)NCCCNS(=O)(=O)c1ccc(NC(C)=O)cc1. The third-order valence-electron chi connectivity index (χ3n) is 6.36. The van der Waals surface area contributed by atoms with Gasteiger partial charge in [0.15, 0.2) is 0 Å². The highest BCUT2D eigenvalue weighted by Crippen LogP contribution is 2.14. The van der Waals surface area contributed by atoms with E-state index in [-0.39, 0.29) is 55.6 Å². The van der Waals surface area contributed by atoms with E-state index in [1.807, 2.05) is 0 Å². The lowest BCUT2D eigenvalue weighted by molar-refractivity contribution is -0.138. The third-order valence-corrected chi connectivity index (χ3v) is 7.83. The molecule has 2 atom stereocenters. The third kappa shape index (κ3) is 13.7. The van der Waals surface area contributed by atoms with Crippen LogP contribution in [0.2, 0.25) is 0 Å². The number of nitrogens with two attached hydrogens (primary N) is 1. The lowest BCUT2D eigenvalue weighted by atomic mass is 10.0. The van der Waals surface area contributed by atoms with Gasteiger partial charge in [0.1, 0.15) is 24.5 Å². The van der Waals surface area contributed by atoms with Gasteiger partial charge in [-0.1, -0.05) is 36.9 Å². The standard InChI is InChI=1S/C30H39N7O9S/c1-3-17-46-30(43)37-25(18-20-5-7-21(8-6-20)27(31)32)29(42)36-24(13-14-26(39)40)28(41)33-15-4-16-34-47(44,45)23-11-9-22(10-12-23)35-19(2)38/h3,5-12,24-25,34H,1,4,13-18H2,2H3,(H3,31,32)(H,33,41)(H,35,38)(H,36,42)(H,37,43)(H,39,40)/t24-,25-/m0/s1. The second kappa shape index (κ2) is 18.6. The predicted octanol–water partition coefficient (Wildman–Crippen LogP) is 0.587. The quantitative estimate of drug-likeness (QED) is 0.0445. The summed E-state index contributed by atoms with van der Waals surface area (Å²) in [5, 5.41) is 26.7. The Balaban J connectivity index is 2.03. The molecule has 0 unspecified atom stereocenters. The molecule has 0 fully saturated rings. The fraction of sp³-hybridized carbons (Fsp3) is 0.333. The van der Waals surface area contributed by atoms with E-state index in [1.165, 1.54) is 37.3 Å². The molecule has 2 rings (SSSR count). The van der Waals surface area contributed by atoms with Crippen LogP contribution in [-0.4, -0.2) is 80.9 Å². The van der Waals surface area contributed by atoms with Crippen LogP contribution < -0.4 is 31.7 Å². The molecule has 16 nitrogen and oxygen atoms in total. The van der Waals surface area contributed by atoms with Crippen LogP contribution in [0.3, 0.4) is 0 Å². The van der Waals surface area contributed by atoms with E-state index in [4.69, 9.17) is 15.9 Å². The molecule has 0 radical (unpaired) electrons. The monoisotopic (exact) mass is 673 g/mol. The van der Waals surface area contributed by atoms with Gasteiger partial charge in [0.25, 0.3) is 0 Å². The van der Waals surface area contributed by atoms with Gasteiger partial charge in [0.2, 0.25) is 27.7 Å². The number of benzene rings is 2. The molecule has 0 aromatic heterocycles. The van der Waals surface area contributed by atoms with Crippen molar-refractivity contribution in [3.05, 3.63) is 72.3 Å². The Morgan fingerprint density at radius 2 is 1.64 bits per heavy atom. The van der Waals surface area contributed by atoms with Crippen LogP contribution in [0.4, 0.5) is 10.5 Å². The van der Waals surface area contributed by atoms with Gasteiger partial charge in [-0.15, -0.1) is 0 Å². The average Bonchev–Trinajstić information content (AvgIpc) is 3.01. The van der Waals surface area contributed by atoms with Crippen LogP contribution in [0.15, 0.2) is 66.1 Å². The number of carbonyl (C=O) groups is 5. The number of ether oxygens (including phenoxy) is 1. The number of carboxylic acid groups (broad SMARTS) is 1. The van der Waals surface area contributed by atoms with Crippen molar-refractivity contribution in [3.63, 3.8) is 0 Å². The first-order valence-corrected chi connectivity index (χ1v) is 15.8. The van der Waals surface area contributed by atoms with Crippen LogP contribution in [0.1, 0.15) is 37.3 Å². The van der Waals surface area contributed by atoms with Crippen molar-refractivity contribution < 1.29 is 42.2 Å². The summed E-state index contributed by atoms with van der Waals surface area (Å²) < 4.78 is 32.5. The maximum absolute atomic E-state index is 13.3. The molecule has 0 bridgehead atoms. The predicted molar refractivity (Wildman–Crippen MR) is 172 cm³/mol. The summed E-state index contributed by atoms with van der Waals surface area (Å²) in [5.41, 5.74) is 6.95. The van der Waals surface area contributed by atoms with Crippen molar-refractivity contribution in [1.29, 1.82) is 5.41 Å². The van der Waals surface area contributed by atoms with Gasteiger partial charge in [-0.3, -0.25) is 24.6 Å². The smallest absolute Gasteiger partial charge is 0.408 e. The zero-order valence-electron chi connectivity index (χ0n) is 25.7. The van der Waals surface area contributed by atoms with E-state index in [0.29, 0.717) is 16.8 Å². The molecular weight excluding hydrogens is 634 g/mol. The van der Waals surface area contributed by atoms with Crippen LogP contribution in [0.25, 0.3) is 0 Å². The molecule has 0 spiro atoms. The summed E-state index contributed by atoms with van der Waals surface area (Å²) in [7, 11) is -3.88. The molecule has 0 heterocycles. The maximum atomic E-state index is 13.3. The Morgan fingerprint density at radius 3 is 2.21 bits per heavy atom. The number of sulfonamides is 1. The number of alkyl carbamates (subject to hydrolysis) is 1. The summed E-state index contributed by atoms with van der Waals surface area (Å²) >= 11 is 0. The molecule has 2 aromatic carbocycles. The van der Waals surface area contributed by atoms with Gasteiger partial charge in [-0.05, 0) is 42.7 Å². The molecule has 2 aromatic rings. The number of rotatable bonds is 19. The second-order valence-electron chi connectivity index (χ2n) is 10.1. The highest BCUT2D eigenvalue weighted by Gasteiger charge is 2.28. The number of carboxylic acids is 1. The zero-order chi connectivity index (χ0) is 35.0. The Bertz CT molecular complexity index is 1550. The van der Waals surface area contributed by atoms with Gasteiger partial charge < -0.3 is 36.8 Å². The van der Waals surface area contributed by atoms with E-state index in [0.717, 1.165) is 0 Å². The molecular formula is C30H39N7O9S. The Kier molecular flexibility index (Phi) is 15.0. The van der Waals surface area contributed by atoms with E-state index in [2.05, 4.69) is 32.6 Å². The molecule has 9 N–H and O–H groups in total. The molecule has 0 aliphatic rings. The Hall–Kier alpha value is -5.29. The zero-order valence-corrected chi connectivity index (χ0v) is 26.5. The Morgan fingerprint density at radius 1 is 0.979 bits per heavy atom. The largest absolute Gasteiger partial charge is 0.481 e. The van der Waals surface area contributed by atoms with Crippen LogP contribution in [0.5, 0.6) is 0 Å². The summed E-state index contributed by atoms with van der Waals surface area (Å²) in [6.07, 6.45) is -0.206. The first-order chi connectivity index (χ1) is 22.2. The Labute approximate surface area is 272 Å². The van der Waals surface area contributed by atoms with Gasteiger partial charge in [-0.25, -0.2) is 17.9 Å². The number of anilines is 1. The van der Waals surface area contributed by atoms with Crippen molar-refractivity contribution in [3.8, 4) is 0 Å². The maximum Gasteiger partial charge on any atom is 0.408 e. The van der Waals surface area contributed by atoms with Crippen LogP contribution in [0, 0.1) is 5.41 Å². The van der Waals surface area contributed by atoms with Gasteiger partial charge in [0, 0.05) is 44.1 Å². The minimum atomic E-state index is -3.88. The van der Waals surface area contributed by atoms with Crippen LogP contribution >= 0.6 is 0 Å². The van der Waals surface area contributed by atoms with Gasteiger partial charge >= 0.3 is 12.1 Å². The van der Waals surface area contributed by atoms with Crippen molar-refractivity contribution in [1.82, 2.24) is 20.7 Å². The lowest BCUT2D eigenvalue weighted by Crippen LogP contribution is -2.54. The summed E-state index contributed by atoms with van der Waals surface area (Å²) in [6.45, 7) is 4.59. The number of hydrogen-bond acceptors (Lipinski definition) is 9. The van der Waals surface area contributed by atoms with E-state index >= 15 is 0 Å². The number of aliphatic carboxylic acids is 1. The topological polar surface area (TPSA) is 259 Å². The van der Waals surface area contributed by atoms with Crippen molar-refractivity contribution in [2.45, 2.75) is 49.6 Å². The normalized spacial score (nSPS) is 12.1. The van der Waals surface area contributed by atoms with E-state index < -0.39 is 52.4 Å². The minimum Gasteiger partial charge on any atom is -0.481 e. The fourth-order valence-electron chi connectivity index (χ4n) is 4.03. The molecule has 4 amide bonds. The number of nitrogen functional groups attached to an aromatic ring is 1.